The number of rotatable bonds is 2. The Morgan fingerprint density at radius 1 is 1.26 bits per heavy atom. The maximum absolute atomic E-state index is 6.00. The number of nitrogens with two attached hydrogens (primary N) is 1. The normalized spacial score (nSPS) is 16.7. The average molecular weight is 257 g/mol. The molecule has 2 N–H and O–H groups in total. The summed E-state index contributed by atoms with van der Waals surface area (Å²) in [7, 11) is 2.15. The highest BCUT2D eigenvalue weighted by molar-refractivity contribution is 5.98. The van der Waals surface area contributed by atoms with Gasteiger partial charge < -0.3 is 15.4 Å². The SMILES string of the molecule is CN(c1ccnc2c(N)cccc12)C1CCOCC1. The Morgan fingerprint density at radius 2 is 2.05 bits per heavy atom. The summed E-state index contributed by atoms with van der Waals surface area (Å²) in [6.45, 7) is 1.69. The van der Waals surface area contributed by atoms with E-state index in [0.717, 1.165) is 42.6 Å². The number of para-hydroxylation sites is 1. The molecule has 100 valence electrons. The van der Waals surface area contributed by atoms with Crippen LogP contribution in [0, 0.1) is 0 Å². The highest BCUT2D eigenvalue weighted by atomic mass is 16.5. The molecule has 0 radical (unpaired) electrons. The van der Waals surface area contributed by atoms with Crippen LogP contribution in [0.15, 0.2) is 30.5 Å². The van der Waals surface area contributed by atoms with Gasteiger partial charge in [-0.2, -0.15) is 0 Å². The number of nitrogen functional groups attached to an aromatic ring is 1. The lowest BCUT2D eigenvalue weighted by atomic mass is 10.1. The fraction of sp³-hybridized carbons (Fsp3) is 0.400. The van der Waals surface area contributed by atoms with Gasteiger partial charge in [-0.25, -0.2) is 0 Å². The third-order valence-corrected chi connectivity index (χ3v) is 3.90. The van der Waals surface area contributed by atoms with Gasteiger partial charge in [0.05, 0.1) is 11.2 Å². The molecule has 3 rings (SSSR count). The number of ether oxygens (including phenoxy) is 1. The molecule has 0 saturated carbocycles. The van der Waals surface area contributed by atoms with E-state index in [4.69, 9.17) is 10.5 Å². The van der Waals surface area contributed by atoms with Crippen LogP contribution in [0.4, 0.5) is 11.4 Å². The second-order valence-corrected chi connectivity index (χ2v) is 5.03. The molecule has 1 aliphatic heterocycles. The Hall–Kier alpha value is -1.81. The van der Waals surface area contributed by atoms with Crippen molar-refractivity contribution in [3.05, 3.63) is 30.5 Å². The number of pyridine rings is 1. The van der Waals surface area contributed by atoms with Gasteiger partial charge in [0.15, 0.2) is 0 Å². The number of benzene rings is 1. The van der Waals surface area contributed by atoms with Crippen molar-refractivity contribution >= 4 is 22.3 Å². The molecule has 1 aromatic carbocycles. The smallest absolute Gasteiger partial charge is 0.0951 e. The molecular weight excluding hydrogens is 238 g/mol. The van der Waals surface area contributed by atoms with E-state index in [0.29, 0.717) is 6.04 Å². The predicted octanol–water partition coefficient (Wildman–Crippen LogP) is 2.43. The van der Waals surface area contributed by atoms with Gasteiger partial charge in [-0.3, -0.25) is 4.98 Å². The summed E-state index contributed by atoms with van der Waals surface area (Å²) in [6, 6.07) is 8.57. The first-order valence-electron chi connectivity index (χ1n) is 6.71. The zero-order valence-electron chi connectivity index (χ0n) is 11.2. The van der Waals surface area contributed by atoms with Crippen molar-refractivity contribution in [1.82, 2.24) is 4.98 Å². The molecular formula is C15H19N3O. The zero-order chi connectivity index (χ0) is 13.2. The van der Waals surface area contributed by atoms with Crippen LogP contribution in [0.1, 0.15) is 12.8 Å². The number of hydrogen-bond donors (Lipinski definition) is 1. The number of aromatic nitrogens is 1. The first-order valence-corrected chi connectivity index (χ1v) is 6.71. The van der Waals surface area contributed by atoms with Gasteiger partial charge >= 0.3 is 0 Å². The average Bonchev–Trinajstić information content (AvgIpc) is 2.47. The summed E-state index contributed by atoms with van der Waals surface area (Å²) in [5.41, 5.74) is 8.82. The summed E-state index contributed by atoms with van der Waals surface area (Å²) in [5.74, 6) is 0. The van der Waals surface area contributed by atoms with Gasteiger partial charge in [0.25, 0.3) is 0 Å². The Morgan fingerprint density at radius 3 is 2.84 bits per heavy atom. The Bertz CT molecular complexity index is 579. The number of fused-ring (bicyclic) bond motifs is 1. The summed E-state index contributed by atoms with van der Waals surface area (Å²) >= 11 is 0. The largest absolute Gasteiger partial charge is 0.397 e. The second kappa shape index (κ2) is 5.05. The van der Waals surface area contributed by atoms with Gasteiger partial charge in [0, 0.05) is 43.6 Å². The lowest BCUT2D eigenvalue weighted by Crippen LogP contribution is -2.36. The van der Waals surface area contributed by atoms with Crippen molar-refractivity contribution in [1.29, 1.82) is 0 Å². The van der Waals surface area contributed by atoms with Crippen LogP contribution in [0.5, 0.6) is 0 Å². The van der Waals surface area contributed by atoms with E-state index >= 15 is 0 Å². The van der Waals surface area contributed by atoms with Crippen LogP contribution in [0.3, 0.4) is 0 Å². The fourth-order valence-corrected chi connectivity index (χ4v) is 2.76. The van der Waals surface area contributed by atoms with Crippen LogP contribution in [0.25, 0.3) is 10.9 Å². The zero-order valence-corrected chi connectivity index (χ0v) is 11.2. The van der Waals surface area contributed by atoms with Crippen molar-refractivity contribution in [2.45, 2.75) is 18.9 Å². The van der Waals surface area contributed by atoms with E-state index < -0.39 is 0 Å². The topological polar surface area (TPSA) is 51.4 Å². The van der Waals surface area contributed by atoms with Crippen molar-refractivity contribution in [3.8, 4) is 0 Å². The summed E-state index contributed by atoms with van der Waals surface area (Å²) < 4.78 is 5.43. The molecule has 4 heteroatoms. The third-order valence-electron chi connectivity index (χ3n) is 3.90. The van der Waals surface area contributed by atoms with Crippen LogP contribution in [-0.2, 0) is 4.74 Å². The van der Waals surface area contributed by atoms with Crippen molar-refractivity contribution < 1.29 is 4.74 Å². The molecule has 1 aliphatic rings. The van der Waals surface area contributed by atoms with Gasteiger partial charge in [0.2, 0.25) is 0 Å². The summed E-state index contributed by atoms with van der Waals surface area (Å²) in [4.78, 5) is 6.73. The lowest BCUT2D eigenvalue weighted by molar-refractivity contribution is 0.0855. The Labute approximate surface area is 113 Å². The van der Waals surface area contributed by atoms with Crippen LogP contribution in [0.2, 0.25) is 0 Å². The first kappa shape index (κ1) is 12.2. The maximum atomic E-state index is 6.00. The Balaban J connectivity index is 2.02. The van der Waals surface area contributed by atoms with E-state index in [1.165, 1.54) is 5.69 Å². The van der Waals surface area contributed by atoms with Gasteiger partial charge in [0.1, 0.15) is 0 Å². The van der Waals surface area contributed by atoms with Crippen molar-refractivity contribution in [2.75, 3.05) is 30.9 Å². The van der Waals surface area contributed by atoms with Crippen LogP contribution >= 0.6 is 0 Å². The van der Waals surface area contributed by atoms with Crippen LogP contribution < -0.4 is 10.6 Å². The standard InChI is InChI=1S/C15H19N3O/c1-18(11-6-9-19-10-7-11)14-5-8-17-15-12(14)3-2-4-13(15)16/h2-5,8,11H,6-7,9-10,16H2,1H3. The van der Waals surface area contributed by atoms with E-state index in [1.807, 2.05) is 18.3 Å². The minimum atomic E-state index is 0.529. The van der Waals surface area contributed by atoms with Gasteiger partial charge in [-0.05, 0) is 25.0 Å². The first-order chi connectivity index (χ1) is 9.27. The molecule has 0 atom stereocenters. The number of hydrogen-bond acceptors (Lipinski definition) is 4. The van der Waals surface area contributed by atoms with Gasteiger partial charge in [-0.1, -0.05) is 12.1 Å². The van der Waals surface area contributed by atoms with E-state index in [2.05, 4.69) is 29.1 Å². The highest BCUT2D eigenvalue weighted by Crippen LogP contribution is 2.30. The molecule has 0 spiro atoms. The molecule has 2 aromatic rings. The third kappa shape index (κ3) is 2.24. The molecule has 2 heterocycles. The van der Waals surface area contributed by atoms with Gasteiger partial charge in [-0.15, -0.1) is 0 Å². The molecule has 19 heavy (non-hydrogen) atoms. The molecule has 0 aliphatic carbocycles. The van der Waals surface area contributed by atoms with E-state index in [-0.39, 0.29) is 0 Å². The molecule has 0 bridgehead atoms. The molecule has 0 amide bonds. The lowest BCUT2D eigenvalue weighted by Gasteiger charge is -2.33. The van der Waals surface area contributed by atoms with E-state index in [1.54, 1.807) is 0 Å². The second-order valence-electron chi connectivity index (χ2n) is 5.03. The molecule has 1 saturated heterocycles. The molecule has 1 fully saturated rings. The van der Waals surface area contributed by atoms with Crippen molar-refractivity contribution in [2.24, 2.45) is 0 Å². The molecule has 4 nitrogen and oxygen atoms in total. The quantitative estimate of drug-likeness (QED) is 0.839. The monoisotopic (exact) mass is 257 g/mol. The molecule has 0 unspecified atom stereocenters. The summed E-state index contributed by atoms with van der Waals surface area (Å²) in [5, 5.41) is 1.12. The highest BCUT2D eigenvalue weighted by Gasteiger charge is 2.20. The predicted molar refractivity (Wildman–Crippen MR) is 78.4 cm³/mol. The fourth-order valence-electron chi connectivity index (χ4n) is 2.76. The van der Waals surface area contributed by atoms with Crippen LogP contribution in [-0.4, -0.2) is 31.3 Å². The minimum Gasteiger partial charge on any atom is -0.397 e. The van der Waals surface area contributed by atoms with Crippen molar-refractivity contribution in [3.63, 3.8) is 0 Å². The molecule has 1 aromatic heterocycles. The Kier molecular flexibility index (Phi) is 3.25. The minimum absolute atomic E-state index is 0.529. The maximum Gasteiger partial charge on any atom is 0.0951 e. The number of anilines is 2. The number of nitrogens with zero attached hydrogens (tertiary/aromatic N) is 2. The van der Waals surface area contributed by atoms with E-state index in [9.17, 15) is 0 Å². The summed E-state index contributed by atoms with van der Waals surface area (Å²) in [6.07, 6.45) is 3.98.